The maximum atomic E-state index is 3.14. The summed E-state index contributed by atoms with van der Waals surface area (Å²) in [6.07, 6.45) is 0. The second kappa shape index (κ2) is 4.87. The van der Waals surface area contributed by atoms with Crippen molar-refractivity contribution in [2.75, 3.05) is 12.4 Å². The Labute approximate surface area is 82.7 Å². The van der Waals surface area contributed by atoms with Crippen molar-refractivity contribution in [3.05, 3.63) is 35.5 Å². The molecule has 1 nitrogen and oxygen atoms in total. The van der Waals surface area contributed by atoms with Gasteiger partial charge in [-0.25, -0.2) is 0 Å². The lowest BCUT2D eigenvalue weighted by atomic mass is 10.3. The van der Waals surface area contributed by atoms with Gasteiger partial charge in [-0.15, -0.1) is 0 Å². The summed E-state index contributed by atoms with van der Waals surface area (Å²) in [6, 6.07) is 8.53. The molecule has 0 atom stereocenters. The highest BCUT2D eigenvalue weighted by Gasteiger charge is 1.92. The molecule has 0 aromatic heterocycles. The smallest absolute Gasteiger partial charge is 0.111 e. The molecule has 0 aliphatic carbocycles. The van der Waals surface area contributed by atoms with Gasteiger partial charge in [-0.05, 0) is 26.0 Å². The molecule has 13 heavy (non-hydrogen) atoms. The minimum absolute atomic E-state index is 0.782. The lowest BCUT2D eigenvalue weighted by Crippen LogP contribution is -2.12. The molecule has 1 rings (SSSR count). The summed E-state index contributed by atoms with van der Waals surface area (Å²) in [4.78, 5) is 0. The van der Waals surface area contributed by atoms with Gasteiger partial charge in [0.05, 0.1) is 0 Å². The highest BCUT2D eigenvalue weighted by atomic mass is 28.2. The summed E-state index contributed by atoms with van der Waals surface area (Å²) >= 11 is 0. The summed E-state index contributed by atoms with van der Waals surface area (Å²) in [5.74, 6) is 0. The molecular weight excluding hydrogens is 174 g/mol. The van der Waals surface area contributed by atoms with Crippen LogP contribution in [0.25, 0.3) is 0 Å². The van der Waals surface area contributed by atoms with Crippen LogP contribution < -0.4 is 10.5 Å². The lowest BCUT2D eigenvalue weighted by molar-refractivity contribution is 1.41. The Kier molecular flexibility index (Phi) is 3.77. The fourth-order valence-electron chi connectivity index (χ4n) is 0.992. The van der Waals surface area contributed by atoms with E-state index in [1.54, 1.807) is 0 Å². The SMILES string of the molecule is CNc1cccc([Si]C=C(C)C)c1. The summed E-state index contributed by atoms with van der Waals surface area (Å²) in [6.45, 7) is 4.27. The Hall–Kier alpha value is -1.02. The number of allylic oxidation sites excluding steroid dienone is 1. The van der Waals surface area contributed by atoms with Gasteiger partial charge >= 0.3 is 0 Å². The van der Waals surface area contributed by atoms with Gasteiger partial charge in [-0.3, -0.25) is 0 Å². The van der Waals surface area contributed by atoms with Crippen LogP contribution in [0.3, 0.4) is 0 Å². The number of hydrogen-bond acceptors (Lipinski definition) is 1. The summed E-state index contributed by atoms with van der Waals surface area (Å²) in [5.41, 5.74) is 4.84. The third-order valence-corrected chi connectivity index (χ3v) is 3.04. The quantitative estimate of drug-likeness (QED) is 0.717. The molecule has 0 heterocycles. The van der Waals surface area contributed by atoms with E-state index in [0.717, 1.165) is 9.52 Å². The van der Waals surface area contributed by atoms with Crippen LogP contribution in [-0.4, -0.2) is 16.6 Å². The molecule has 1 N–H and O–H groups in total. The summed E-state index contributed by atoms with van der Waals surface area (Å²) in [7, 11) is 2.73. The number of hydrogen-bond donors (Lipinski definition) is 1. The van der Waals surface area contributed by atoms with E-state index in [2.05, 4.69) is 49.1 Å². The van der Waals surface area contributed by atoms with Crippen molar-refractivity contribution in [1.29, 1.82) is 0 Å². The van der Waals surface area contributed by atoms with Crippen molar-refractivity contribution < 1.29 is 0 Å². The third-order valence-electron chi connectivity index (χ3n) is 1.68. The number of rotatable bonds is 3. The van der Waals surface area contributed by atoms with Crippen LogP contribution in [0.2, 0.25) is 0 Å². The summed E-state index contributed by atoms with van der Waals surface area (Å²) in [5, 5.41) is 4.52. The first kappa shape index (κ1) is 10.1. The number of anilines is 1. The third kappa shape index (κ3) is 3.47. The van der Waals surface area contributed by atoms with E-state index in [1.165, 1.54) is 16.4 Å². The second-order valence-corrected chi connectivity index (χ2v) is 4.35. The van der Waals surface area contributed by atoms with Crippen LogP contribution in [-0.2, 0) is 0 Å². The first-order valence-electron chi connectivity index (χ1n) is 4.40. The molecule has 0 amide bonds. The second-order valence-electron chi connectivity index (χ2n) is 3.20. The van der Waals surface area contributed by atoms with Crippen molar-refractivity contribution in [1.82, 2.24) is 0 Å². The van der Waals surface area contributed by atoms with Crippen molar-refractivity contribution in [2.24, 2.45) is 0 Å². The van der Waals surface area contributed by atoms with E-state index in [0.29, 0.717) is 0 Å². The molecule has 0 bridgehead atoms. The number of nitrogens with one attached hydrogen (secondary N) is 1. The topological polar surface area (TPSA) is 12.0 Å². The Morgan fingerprint density at radius 2 is 2.15 bits per heavy atom. The van der Waals surface area contributed by atoms with E-state index in [9.17, 15) is 0 Å². The zero-order valence-corrected chi connectivity index (χ0v) is 9.39. The molecular formula is C11H15NSi. The standard InChI is InChI=1S/C11H15NSi/c1-9(2)8-13-11-6-4-5-10(7-11)12-3/h4-8,12H,1-3H3. The first-order valence-corrected chi connectivity index (χ1v) is 5.48. The number of benzene rings is 1. The maximum Gasteiger partial charge on any atom is 0.111 e. The zero-order chi connectivity index (χ0) is 9.68. The molecule has 1 aromatic carbocycles. The van der Waals surface area contributed by atoms with Gasteiger partial charge in [-0.2, -0.15) is 0 Å². The van der Waals surface area contributed by atoms with E-state index >= 15 is 0 Å². The predicted octanol–water partition coefficient (Wildman–Crippen LogP) is 1.98. The minimum atomic E-state index is 0.782. The molecule has 0 aliphatic rings. The lowest BCUT2D eigenvalue weighted by Gasteiger charge is -2.01. The van der Waals surface area contributed by atoms with Gasteiger partial charge < -0.3 is 5.32 Å². The monoisotopic (exact) mass is 189 g/mol. The van der Waals surface area contributed by atoms with Crippen molar-refractivity contribution in [2.45, 2.75) is 13.8 Å². The van der Waals surface area contributed by atoms with E-state index in [4.69, 9.17) is 0 Å². The molecule has 2 radical (unpaired) electrons. The van der Waals surface area contributed by atoms with Gasteiger partial charge in [-0.1, -0.05) is 28.6 Å². The molecule has 1 aromatic rings. The molecule has 0 spiro atoms. The van der Waals surface area contributed by atoms with Gasteiger partial charge in [0.1, 0.15) is 9.52 Å². The van der Waals surface area contributed by atoms with E-state index in [-0.39, 0.29) is 0 Å². The van der Waals surface area contributed by atoms with Gasteiger partial charge in [0, 0.05) is 12.7 Å². The van der Waals surface area contributed by atoms with Crippen LogP contribution in [0.4, 0.5) is 5.69 Å². The maximum absolute atomic E-state index is 3.14. The van der Waals surface area contributed by atoms with Crippen LogP contribution >= 0.6 is 0 Å². The molecule has 0 saturated carbocycles. The van der Waals surface area contributed by atoms with Crippen LogP contribution in [0.5, 0.6) is 0 Å². The first-order chi connectivity index (χ1) is 6.22. The molecule has 68 valence electrons. The molecule has 0 fully saturated rings. The van der Waals surface area contributed by atoms with Gasteiger partial charge in [0.15, 0.2) is 0 Å². The molecule has 0 saturated heterocycles. The molecule has 0 aliphatic heterocycles. The highest BCUT2D eigenvalue weighted by molar-refractivity contribution is 6.58. The fourth-order valence-corrected chi connectivity index (χ4v) is 1.88. The van der Waals surface area contributed by atoms with Gasteiger partial charge in [0.2, 0.25) is 0 Å². The minimum Gasteiger partial charge on any atom is -0.388 e. The largest absolute Gasteiger partial charge is 0.388 e. The molecule has 2 heteroatoms. The van der Waals surface area contributed by atoms with Crippen molar-refractivity contribution in [3.8, 4) is 0 Å². The Morgan fingerprint density at radius 1 is 1.38 bits per heavy atom. The Balaban J connectivity index is 2.72. The predicted molar refractivity (Wildman–Crippen MR) is 60.8 cm³/mol. The normalized spacial score (nSPS) is 9.46. The average Bonchev–Trinajstić information content (AvgIpc) is 2.15. The van der Waals surface area contributed by atoms with Gasteiger partial charge in [0.25, 0.3) is 0 Å². The van der Waals surface area contributed by atoms with Crippen molar-refractivity contribution in [3.63, 3.8) is 0 Å². The molecule has 0 unspecified atom stereocenters. The Morgan fingerprint density at radius 3 is 2.77 bits per heavy atom. The highest BCUT2D eigenvalue weighted by Crippen LogP contribution is 2.01. The van der Waals surface area contributed by atoms with Crippen molar-refractivity contribution >= 4 is 20.4 Å². The Bertz CT molecular complexity index is 301. The van der Waals surface area contributed by atoms with E-state index < -0.39 is 0 Å². The summed E-state index contributed by atoms with van der Waals surface area (Å²) < 4.78 is 0. The average molecular weight is 189 g/mol. The van der Waals surface area contributed by atoms with E-state index in [1.807, 2.05) is 7.05 Å². The zero-order valence-electron chi connectivity index (χ0n) is 8.39. The fraction of sp³-hybridized carbons (Fsp3) is 0.273. The van der Waals surface area contributed by atoms with Crippen LogP contribution in [0, 0.1) is 0 Å². The van der Waals surface area contributed by atoms with Crippen LogP contribution in [0.15, 0.2) is 35.5 Å². The van der Waals surface area contributed by atoms with Crippen LogP contribution in [0.1, 0.15) is 13.8 Å².